The van der Waals surface area contributed by atoms with Crippen LogP contribution in [-0.2, 0) is 6.42 Å². The summed E-state index contributed by atoms with van der Waals surface area (Å²) in [7, 11) is -1.98. The molecule has 0 aliphatic rings. The lowest BCUT2D eigenvalue weighted by Gasteiger charge is -2.44. The van der Waals surface area contributed by atoms with E-state index in [1.54, 1.807) is 18.3 Å². The van der Waals surface area contributed by atoms with Gasteiger partial charge in [-0.05, 0) is 68.6 Å². The average Bonchev–Trinajstić information content (AvgIpc) is 3.09. The minimum atomic E-state index is -1.98. The SMILES string of the molecule is CC(C)[Si](C(C)C)(C(C)C)n1ccc2c(Br)c(Cc3ccnc(C#N)c3)c(F)cc21. The summed E-state index contributed by atoms with van der Waals surface area (Å²) >= 11 is 3.70. The molecule has 2 heterocycles. The first-order chi connectivity index (χ1) is 14.1. The first-order valence-electron chi connectivity index (χ1n) is 10.5. The van der Waals surface area contributed by atoms with Crippen LogP contribution in [0.25, 0.3) is 10.9 Å². The normalized spacial score (nSPS) is 12.3. The highest BCUT2D eigenvalue weighted by atomic mass is 79.9. The lowest BCUT2D eigenvalue weighted by atomic mass is 10.0. The zero-order chi connectivity index (χ0) is 22.2. The monoisotopic (exact) mass is 485 g/mol. The van der Waals surface area contributed by atoms with Gasteiger partial charge in [-0.25, -0.2) is 9.37 Å². The Kier molecular flexibility index (Phi) is 6.54. The number of halogens is 2. The van der Waals surface area contributed by atoms with Crippen molar-refractivity contribution in [3.8, 4) is 6.07 Å². The topological polar surface area (TPSA) is 41.6 Å². The molecule has 0 N–H and O–H groups in total. The third-order valence-corrected chi connectivity index (χ3v) is 14.2. The number of hydrogen-bond donors (Lipinski definition) is 0. The molecule has 2 aromatic heterocycles. The number of hydrogen-bond acceptors (Lipinski definition) is 2. The molecular formula is C24H29BrFN3Si. The maximum absolute atomic E-state index is 15.4. The number of nitriles is 1. The van der Waals surface area contributed by atoms with Gasteiger partial charge < -0.3 is 4.23 Å². The van der Waals surface area contributed by atoms with Gasteiger partial charge in [-0.15, -0.1) is 0 Å². The molecule has 3 aromatic rings. The molecule has 0 atom stereocenters. The van der Waals surface area contributed by atoms with Crippen LogP contribution < -0.4 is 0 Å². The Morgan fingerprint density at radius 2 is 1.73 bits per heavy atom. The highest BCUT2D eigenvalue weighted by Gasteiger charge is 2.45. The van der Waals surface area contributed by atoms with Gasteiger partial charge in [-0.3, -0.25) is 0 Å². The summed E-state index contributed by atoms with van der Waals surface area (Å²) in [6, 6.07) is 9.42. The van der Waals surface area contributed by atoms with Crippen LogP contribution in [0.5, 0.6) is 0 Å². The van der Waals surface area contributed by atoms with Gasteiger partial charge in [0.15, 0.2) is 8.24 Å². The number of pyridine rings is 1. The predicted octanol–water partition coefficient (Wildman–Crippen LogP) is 7.42. The van der Waals surface area contributed by atoms with E-state index in [1.165, 1.54) is 0 Å². The molecule has 3 rings (SSSR count). The van der Waals surface area contributed by atoms with Crippen LogP contribution in [0.1, 0.15) is 58.4 Å². The van der Waals surface area contributed by atoms with E-state index in [-0.39, 0.29) is 5.82 Å². The molecule has 158 valence electrons. The van der Waals surface area contributed by atoms with Crippen LogP contribution in [-0.4, -0.2) is 17.5 Å². The molecule has 1 aromatic carbocycles. The van der Waals surface area contributed by atoms with Crippen LogP contribution >= 0.6 is 15.9 Å². The Hall–Kier alpha value is -1.97. The number of benzene rings is 1. The molecule has 0 bridgehead atoms. The lowest BCUT2D eigenvalue weighted by Crippen LogP contribution is -2.51. The number of rotatable bonds is 6. The molecule has 30 heavy (non-hydrogen) atoms. The highest BCUT2D eigenvalue weighted by Crippen LogP contribution is 2.45. The molecular weight excluding hydrogens is 457 g/mol. The second-order valence-corrected chi connectivity index (χ2v) is 15.5. The summed E-state index contributed by atoms with van der Waals surface area (Å²) in [6.07, 6.45) is 4.18. The van der Waals surface area contributed by atoms with E-state index in [9.17, 15) is 0 Å². The Balaban J connectivity index is 2.19. The summed E-state index contributed by atoms with van der Waals surface area (Å²) in [5, 5.41) is 10.1. The van der Waals surface area contributed by atoms with Crippen molar-refractivity contribution in [2.75, 3.05) is 0 Å². The van der Waals surface area contributed by atoms with Gasteiger partial charge in [0.05, 0.1) is 0 Å². The fraction of sp³-hybridized carbons (Fsp3) is 0.417. The largest absolute Gasteiger partial charge is 0.373 e. The number of aromatic nitrogens is 2. The van der Waals surface area contributed by atoms with E-state index in [1.807, 2.05) is 12.1 Å². The third kappa shape index (κ3) is 3.63. The predicted molar refractivity (Wildman–Crippen MR) is 128 cm³/mol. The van der Waals surface area contributed by atoms with Gasteiger partial charge in [0.25, 0.3) is 0 Å². The van der Waals surface area contributed by atoms with Crippen molar-refractivity contribution < 1.29 is 4.39 Å². The molecule has 0 unspecified atom stereocenters. The summed E-state index contributed by atoms with van der Waals surface area (Å²) in [5.41, 5.74) is 4.37. The second kappa shape index (κ2) is 8.64. The Labute approximate surface area is 188 Å². The van der Waals surface area contributed by atoms with E-state index in [0.29, 0.717) is 34.3 Å². The van der Waals surface area contributed by atoms with Crippen molar-refractivity contribution in [1.29, 1.82) is 5.26 Å². The lowest BCUT2D eigenvalue weighted by molar-refractivity contribution is 0.614. The van der Waals surface area contributed by atoms with Crippen LogP contribution in [0, 0.1) is 17.1 Å². The maximum atomic E-state index is 15.4. The second-order valence-electron chi connectivity index (χ2n) is 8.96. The fourth-order valence-electron chi connectivity index (χ4n) is 5.44. The van der Waals surface area contributed by atoms with Gasteiger partial charge in [0.1, 0.15) is 17.6 Å². The van der Waals surface area contributed by atoms with Crippen molar-refractivity contribution >= 4 is 35.1 Å². The van der Waals surface area contributed by atoms with Crippen LogP contribution in [0.2, 0.25) is 16.6 Å². The van der Waals surface area contributed by atoms with Crippen LogP contribution in [0.3, 0.4) is 0 Å². The van der Waals surface area contributed by atoms with Crippen LogP contribution in [0.15, 0.2) is 41.1 Å². The minimum absolute atomic E-state index is 0.219. The zero-order valence-corrected chi connectivity index (χ0v) is 21.1. The van der Waals surface area contributed by atoms with Gasteiger partial charge in [-0.1, -0.05) is 41.5 Å². The highest BCUT2D eigenvalue weighted by molar-refractivity contribution is 9.10. The third-order valence-electron chi connectivity index (χ3n) is 6.49. The van der Waals surface area contributed by atoms with E-state index < -0.39 is 8.24 Å². The molecule has 0 saturated heterocycles. The molecule has 0 amide bonds. The molecule has 6 heteroatoms. The average molecular weight is 487 g/mol. The van der Waals surface area contributed by atoms with Crippen molar-refractivity contribution in [2.45, 2.75) is 64.6 Å². The minimum Gasteiger partial charge on any atom is -0.373 e. The summed E-state index contributed by atoms with van der Waals surface area (Å²) in [5.74, 6) is -0.219. The standard InChI is InChI=1S/C24H29BrFN3Si/c1-15(2)30(16(3)4,17(5)6)29-10-8-20-23(29)13-22(26)21(24(20)25)12-18-7-9-28-19(11-18)14-27/h7-11,13,15-17H,12H2,1-6H3. The summed E-state index contributed by atoms with van der Waals surface area (Å²) in [6.45, 7) is 13.9. The molecule has 0 fully saturated rings. The summed E-state index contributed by atoms with van der Waals surface area (Å²) in [4.78, 5) is 4.01. The smallest absolute Gasteiger partial charge is 0.169 e. The maximum Gasteiger partial charge on any atom is 0.169 e. The van der Waals surface area contributed by atoms with E-state index in [2.05, 4.69) is 79.0 Å². The first kappa shape index (κ1) is 22.7. The molecule has 3 nitrogen and oxygen atoms in total. The molecule has 0 radical (unpaired) electrons. The van der Waals surface area contributed by atoms with E-state index in [4.69, 9.17) is 5.26 Å². The zero-order valence-electron chi connectivity index (χ0n) is 18.5. The van der Waals surface area contributed by atoms with Crippen molar-refractivity contribution in [3.63, 3.8) is 0 Å². The Morgan fingerprint density at radius 1 is 1.10 bits per heavy atom. The first-order valence-corrected chi connectivity index (χ1v) is 13.4. The molecule has 0 aliphatic carbocycles. The van der Waals surface area contributed by atoms with Gasteiger partial charge in [0.2, 0.25) is 0 Å². The van der Waals surface area contributed by atoms with Gasteiger partial charge in [0, 0.05) is 33.6 Å². The van der Waals surface area contributed by atoms with Crippen molar-refractivity contribution in [3.05, 3.63) is 63.8 Å². The Morgan fingerprint density at radius 3 is 2.30 bits per heavy atom. The molecule has 0 aliphatic heterocycles. The fourth-order valence-corrected chi connectivity index (χ4v) is 12.7. The number of nitrogens with zero attached hydrogens (tertiary/aromatic N) is 3. The summed E-state index contributed by atoms with van der Waals surface area (Å²) < 4.78 is 18.6. The van der Waals surface area contributed by atoms with E-state index in [0.717, 1.165) is 20.9 Å². The quantitative estimate of drug-likeness (QED) is 0.340. The van der Waals surface area contributed by atoms with E-state index >= 15 is 4.39 Å². The van der Waals surface area contributed by atoms with Crippen LogP contribution in [0.4, 0.5) is 4.39 Å². The van der Waals surface area contributed by atoms with Crippen molar-refractivity contribution in [1.82, 2.24) is 9.22 Å². The molecule has 0 spiro atoms. The Bertz CT molecular complexity index is 1090. The molecule has 0 saturated carbocycles. The van der Waals surface area contributed by atoms with Crippen molar-refractivity contribution in [2.24, 2.45) is 0 Å². The number of fused-ring (bicyclic) bond motifs is 1. The van der Waals surface area contributed by atoms with Gasteiger partial charge in [-0.2, -0.15) is 5.26 Å². The van der Waals surface area contributed by atoms with Gasteiger partial charge >= 0.3 is 0 Å².